The second-order valence-electron chi connectivity index (χ2n) is 5.07. The van der Waals surface area contributed by atoms with Crippen molar-refractivity contribution in [3.63, 3.8) is 0 Å². The van der Waals surface area contributed by atoms with Crippen LogP contribution in [0, 0.1) is 0 Å². The maximum Gasteiger partial charge on any atom is 0.122 e. The van der Waals surface area contributed by atoms with Gasteiger partial charge in [0.05, 0.1) is 0 Å². The number of aromatic nitrogens is 1. The second kappa shape index (κ2) is 6.98. The standard InChI is InChI=1S/C16H18N2OS.ClH/c1-11(17)7-12-9-18-16-5-4-13(8-15(12)16)19-10-14-3-2-6-20-14;/h2-6,8-9,11,18H,7,10,17H2,1H3;1H/t11-;/m1./s1. The Hall–Kier alpha value is -1.49. The number of aromatic amines is 1. The molecule has 2 aromatic heterocycles. The van der Waals surface area contributed by atoms with E-state index in [1.165, 1.54) is 15.8 Å². The third-order valence-corrected chi connectivity index (χ3v) is 4.09. The smallest absolute Gasteiger partial charge is 0.122 e. The Morgan fingerprint density at radius 2 is 2.19 bits per heavy atom. The quantitative estimate of drug-likeness (QED) is 0.742. The molecule has 0 aliphatic carbocycles. The fourth-order valence-corrected chi connectivity index (χ4v) is 2.93. The Morgan fingerprint density at radius 1 is 1.33 bits per heavy atom. The van der Waals surface area contributed by atoms with Crippen molar-refractivity contribution in [1.82, 2.24) is 4.98 Å². The minimum Gasteiger partial charge on any atom is -0.488 e. The van der Waals surface area contributed by atoms with Gasteiger partial charge in [0.25, 0.3) is 0 Å². The molecule has 0 spiro atoms. The molecular weight excluding hydrogens is 304 g/mol. The molecule has 5 heteroatoms. The third-order valence-electron chi connectivity index (χ3n) is 3.24. The number of nitrogens with one attached hydrogen (secondary N) is 1. The van der Waals surface area contributed by atoms with E-state index in [-0.39, 0.29) is 18.4 Å². The molecule has 21 heavy (non-hydrogen) atoms. The average molecular weight is 323 g/mol. The minimum absolute atomic E-state index is 0. The molecule has 0 saturated carbocycles. The molecule has 1 atom stereocenters. The maximum absolute atomic E-state index is 5.89. The highest BCUT2D eigenvalue weighted by atomic mass is 35.5. The zero-order chi connectivity index (χ0) is 13.9. The molecule has 112 valence electrons. The number of ether oxygens (including phenoxy) is 1. The van der Waals surface area contributed by atoms with E-state index in [1.807, 2.05) is 25.3 Å². The van der Waals surface area contributed by atoms with Crippen molar-refractivity contribution in [3.05, 3.63) is 52.3 Å². The van der Waals surface area contributed by atoms with Crippen molar-refractivity contribution in [3.8, 4) is 5.75 Å². The molecular formula is C16H19ClN2OS. The van der Waals surface area contributed by atoms with E-state index in [2.05, 4.69) is 28.6 Å². The second-order valence-corrected chi connectivity index (χ2v) is 6.10. The van der Waals surface area contributed by atoms with Crippen LogP contribution >= 0.6 is 23.7 Å². The Bertz CT molecular complexity index is 691. The zero-order valence-electron chi connectivity index (χ0n) is 11.8. The molecule has 3 N–H and O–H groups in total. The number of thiophene rings is 1. The summed E-state index contributed by atoms with van der Waals surface area (Å²) >= 11 is 1.71. The molecule has 3 aromatic rings. The largest absolute Gasteiger partial charge is 0.488 e. The van der Waals surface area contributed by atoms with Gasteiger partial charge in [-0.3, -0.25) is 0 Å². The van der Waals surface area contributed by atoms with E-state index < -0.39 is 0 Å². The summed E-state index contributed by atoms with van der Waals surface area (Å²) < 4.78 is 5.85. The van der Waals surface area contributed by atoms with Gasteiger partial charge in [-0.05, 0) is 48.6 Å². The third kappa shape index (κ3) is 3.79. The molecule has 1 aromatic carbocycles. The lowest BCUT2D eigenvalue weighted by atomic mass is 10.1. The molecule has 0 bridgehead atoms. The van der Waals surface area contributed by atoms with Gasteiger partial charge in [0.1, 0.15) is 12.4 Å². The van der Waals surface area contributed by atoms with Gasteiger partial charge in [-0.15, -0.1) is 23.7 Å². The summed E-state index contributed by atoms with van der Waals surface area (Å²) in [7, 11) is 0. The Labute approximate surface area is 134 Å². The topological polar surface area (TPSA) is 51.0 Å². The van der Waals surface area contributed by atoms with E-state index in [1.54, 1.807) is 11.3 Å². The number of rotatable bonds is 5. The van der Waals surface area contributed by atoms with E-state index in [4.69, 9.17) is 10.5 Å². The van der Waals surface area contributed by atoms with Crippen molar-refractivity contribution in [2.75, 3.05) is 0 Å². The summed E-state index contributed by atoms with van der Waals surface area (Å²) in [6, 6.07) is 10.4. The van der Waals surface area contributed by atoms with Crippen molar-refractivity contribution < 1.29 is 4.74 Å². The number of fused-ring (bicyclic) bond motifs is 1. The number of hydrogen-bond donors (Lipinski definition) is 2. The van der Waals surface area contributed by atoms with Crippen LogP contribution in [0.3, 0.4) is 0 Å². The summed E-state index contributed by atoms with van der Waals surface area (Å²) in [5.41, 5.74) is 8.27. The number of H-pyrrole nitrogens is 1. The van der Waals surface area contributed by atoms with E-state index in [0.29, 0.717) is 6.61 Å². The number of halogens is 1. The van der Waals surface area contributed by atoms with Crippen molar-refractivity contribution in [2.45, 2.75) is 26.0 Å². The van der Waals surface area contributed by atoms with Crippen LogP contribution in [0.15, 0.2) is 41.9 Å². The molecule has 0 saturated heterocycles. The molecule has 0 fully saturated rings. The molecule has 0 aliphatic rings. The van der Waals surface area contributed by atoms with E-state index in [9.17, 15) is 0 Å². The van der Waals surface area contributed by atoms with Crippen LogP contribution in [0.4, 0.5) is 0 Å². The van der Waals surface area contributed by atoms with E-state index in [0.717, 1.165) is 17.7 Å². The molecule has 3 nitrogen and oxygen atoms in total. The SMILES string of the molecule is C[C@@H](N)Cc1c[nH]c2ccc(OCc3cccs3)cc12.Cl. The van der Waals surface area contributed by atoms with Crippen LogP contribution in [0.2, 0.25) is 0 Å². The van der Waals surface area contributed by atoms with Crippen LogP contribution in [-0.2, 0) is 13.0 Å². The van der Waals surface area contributed by atoms with E-state index >= 15 is 0 Å². The van der Waals surface area contributed by atoms with Gasteiger partial charge in [-0.25, -0.2) is 0 Å². The first-order valence-corrected chi connectivity index (χ1v) is 7.61. The predicted molar refractivity (Wildman–Crippen MR) is 91.6 cm³/mol. The van der Waals surface area contributed by atoms with Gasteiger partial charge < -0.3 is 15.5 Å². The lowest BCUT2D eigenvalue weighted by molar-refractivity contribution is 0.310. The van der Waals surface area contributed by atoms with Gasteiger partial charge in [0.2, 0.25) is 0 Å². The summed E-state index contributed by atoms with van der Waals surface area (Å²) in [6.45, 7) is 2.65. The lowest BCUT2D eigenvalue weighted by Crippen LogP contribution is -2.17. The van der Waals surface area contributed by atoms with Crippen LogP contribution in [0.1, 0.15) is 17.4 Å². The number of hydrogen-bond acceptors (Lipinski definition) is 3. The lowest BCUT2D eigenvalue weighted by Gasteiger charge is -2.07. The highest BCUT2D eigenvalue weighted by Crippen LogP contribution is 2.25. The predicted octanol–water partition coefficient (Wildman–Crippen LogP) is 4.12. The zero-order valence-corrected chi connectivity index (χ0v) is 13.5. The first kappa shape index (κ1) is 15.9. The Balaban J connectivity index is 0.00000161. The first-order valence-electron chi connectivity index (χ1n) is 6.73. The number of nitrogens with two attached hydrogens (primary N) is 1. The van der Waals surface area contributed by atoms with Gasteiger partial charge in [-0.1, -0.05) is 6.07 Å². The summed E-state index contributed by atoms with van der Waals surface area (Å²) in [5.74, 6) is 0.899. The number of benzene rings is 1. The van der Waals surface area contributed by atoms with Gasteiger partial charge in [0.15, 0.2) is 0 Å². The monoisotopic (exact) mass is 322 g/mol. The molecule has 0 amide bonds. The molecule has 3 rings (SSSR count). The average Bonchev–Trinajstić information content (AvgIpc) is 3.06. The molecule has 0 aliphatic heterocycles. The van der Waals surface area contributed by atoms with Crippen molar-refractivity contribution in [1.29, 1.82) is 0 Å². The highest BCUT2D eigenvalue weighted by molar-refractivity contribution is 7.09. The minimum atomic E-state index is 0. The van der Waals surface area contributed by atoms with Crippen LogP contribution in [0.5, 0.6) is 5.75 Å². The van der Waals surface area contributed by atoms with Crippen LogP contribution < -0.4 is 10.5 Å². The van der Waals surface area contributed by atoms with Gasteiger partial charge in [-0.2, -0.15) is 0 Å². The molecule has 2 heterocycles. The Kier molecular flexibility index (Phi) is 5.28. The van der Waals surface area contributed by atoms with Gasteiger partial charge >= 0.3 is 0 Å². The van der Waals surface area contributed by atoms with Crippen molar-refractivity contribution >= 4 is 34.6 Å². The van der Waals surface area contributed by atoms with Crippen LogP contribution in [-0.4, -0.2) is 11.0 Å². The normalized spacial score (nSPS) is 12.1. The summed E-state index contributed by atoms with van der Waals surface area (Å²) in [6.07, 6.45) is 2.91. The van der Waals surface area contributed by atoms with Crippen LogP contribution in [0.25, 0.3) is 10.9 Å². The maximum atomic E-state index is 5.89. The fraction of sp³-hybridized carbons (Fsp3) is 0.250. The van der Waals surface area contributed by atoms with Crippen molar-refractivity contribution in [2.24, 2.45) is 5.73 Å². The summed E-state index contributed by atoms with van der Waals surface area (Å²) in [5, 5.41) is 3.26. The summed E-state index contributed by atoms with van der Waals surface area (Å²) in [4.78, 5) is 4.51. The highest BCUT2D eigenvalue weighted by Gasteiger charge is 2.07. The molecule has 0 unspecified atom stereocenters. The fourth-order valence-electron chi connectivity index (χ4n) is 2.31. The Morgan fingerprint density at radius 3 is 2.90 bits per heavy atom. The first-order chi connectivity index (χ1) is 9.72. The molecule has 0 radical (unpaired) electrons. The van der Waals surface area contributed by atoms with Gasteiger partial charge in [0, 0.05) is 28.0 Å².